The molecule has 7 nitrogen and oxygen atoms in total. The first kappa shape index (κ1) is 15.3. The van der Waals surface area contributed by atoms with Gasteiger partial charge in [-0.15, -0.1) is 0 Å². The van der Waals surface area contributed by atoms with E-state index >= 15 is 0 Å². The predicted octanol–water partition coefficient (Wildman–Crippen LogP) is -0.308. The van der Waals surface area contributed by atoms with E-state index in [1.165, 1.54) is 12.3 Å². The van der Waals surface area contributed by atoms with Crippen molar-refractivity contribution in [1.82, 2.24) is 9.71 Å². The Morgan fingerprint density at radius 1 is 1.33 bits per heavy atom. The number of aromatic nitrogens is 1. The molecule has 0 saturated carbocycles. The van der Waals surface area contributed by atoms with E-state index in [-0.39, 0.29) is 28.6 Å². The molecule has 18 heavy (non-hydrogen) atoms. The highest BCUT2D eigenvalue weighted by molar-refractivity contribution is 7.89. The van der Waals surface area contributed by atoms with Crippen molar-refractivity contribution in [3.63, 3.8) is 0 Å². The number of pyridine rings is 1. The van der Waals surface area contributed by atoms with Gasteiger partial charge in [0, 0.05) is 18.9 Å². The third kappa shape index (κ3) is 4.86. The predicted molar refractivity (Wildman–Crippen MR) is 67.0 cm³/mol. The highest BCUT2D eigenvalue weighted by Gasteiger charge is 2.17. The van der Waals surface area contributed by atoms with Crippen LogP contribution >= 0.6 is 11.6 Å². The zero-order valence-corrected chi connectivity index (χ0v) is 11.6. The zero-order valence-electron chi connectivity index (χ0n) is 9.21. The SMILES string of the molecule is NS(=O)(=O)CCCNS(=O)(=O)c1cnccc1Cl. The lowest BCUT2D eigenvalue weighted by atomic mass is 10.5. The van der Waals surface area contributed by atoms with Crippen LogP contribution in [-0.2, 0) is 20.0 Å². The van der Waals surface area contributed by atoms with E-state index in [1.54, 1.807) is 0 Å². The summed E-state index contributed by atoms with van der Waals surface area (Å²) in [7, 11) is -7.38. The number of hydrogen-bond acceptors (Lipinski definition) is 5. The van der Waals surface area contributed by atoms with Gasteiger partial charge < -0.3 is 0 Å². The van der Waals surface area contributed by atoms with Crippen molar-refractivity contribution >= 4 is 31.6 Å². The maximum Gasteiger partial charge on any atom is 0.243 e. The van der Waals surface area contributed by atoms with Crippen LogP contribution in [0.2, 0.25) is 5.02 Å². The van der Waals surface area contributed by atoms with Gasteiger partial charge in [-0.05, 0) is 12.5 Å². The second kappa shape index (κ2) is 5.93. The standard InChI is InChI=1S/C8H12ClN3O4S2/c9-7-2-4-11-6-8(7)18(15,16)12-3-1-5-17(10,13)14/h2,4,6,12H,1,3,5H2,(H2,10,13,14). The topological polar surface area (TPSA) is 119 Å². The summed E-state index contributed by atoms with van der Waals surface area (Å²) >= 11 is 5.72. The Morgan fingerprint density at radius 2 is 2.00 bits per heavy atom. The molecule has 0 amide bonds. The van der Waals surface area contributed by atoms with Gasteiger partial charge in [-0.3, -0.25) is 4.98 Å². The van der Waals surface area contributed by atoms with Gasteiger partial charge in [0.05, 0.1) is 10.8 Å². The van der Waals surface area contributed by atoms with Crippen LogP contribution in [0.3, 0.4) is 0 Å². The third-order valence-electron chi connectivity index (χ3n) is 1.92. The number of rotatable bonds is 6. The monoisotopic (exact) mass is 313 g/mol. The summed E-state index contributed by atoms with van der Waals surface area (Å²) in [4.78, 5) is 3.51. The number of sulfonamides is 2. The van der Waals surface area contributed by atoms with Crippen LogP contribution in [0.5, 0.6) is 0 Å². The van der Waals surface area contributed by atoms with Gasteiger partial charge in [0.15, 0.2) is 0 Å². The van der Waals surface area contributed by atoms with Crippen LogP contribution in [0.25, 0.3) is 0 Å². The fraction of sp³-hybridized carbons (Fsp3) is 0.375. The number of nitrogens with two attached hydrogens (primary N) is 1. The van der Waals surface area contributed by atoms with Gasteiger partial charge in [0.2, 0.25) is 20.0 Å². The highest BCUT2D eigenvalue weighted by atomic mass is 35.5. The molecule has 0 spiro atoms. The molecule has 1 rings (SSSR count). The molecule has 0 atom stereocenters. The first-order chi connectivity index (χ1) is 8.22. The molecule has 0 aliphatic heterocycles. The number of nitrogens with one attached hydrogen (secondary N) is 1. The molecule has 1 heterocycles. The molecule has 1 aromatic rings. The van der Waals surface area contributed by atoms with Crippen molar-refractivity contribution in [2.75, 3.05) is 12.3 Å². The second-order valence-corrected chi connectivity index (χ2v) is 7.30. The minimum Gasteiger partial charge on any atom is -0.263 e. The summed E-state index contributed by atoms with van der Waals surface area (Å²) in [5, 5.41) is 4.83. The maximum atomic E-state index is 11.8. The minimum atomic E-state index is -3.79. The van der Waals surface area contributed by atoms with Gasteiger partial charge in [-0.25, -0.2) is 26.7 Å². The molecule has 0 fully saturated rings. The smallest absolute Gasteiger partial charge is 0.243 e. The van der Waals surface area contributed by atoms with Crippen molar-refractivity contribution in [2.45, 2.75) is 11.3 Å². The number of halogens is 1. The van der Waals surface area contributed by atoms with E-state index in [0.29, 0.717) is 0 Å². The van der Waals surface area contributed by atoms with Gasteiger partial charge in [-0.2, -0.15) is 0 Å². The molecule has 0 aromatic carbocycles. The molecular weight excluding hydrogens is 302 g/mol. The molecular formula is C8H12ClN3O4S2. The Labute approximate surface area is 110 Å². The number of primary sulfonamides is 1. The molecule has 0 aliphatic carbocycles. The van der Waals surface area contributed by atoms with Gasteiger partial charge in [-0.1, -0.05) is 11.6 Å². The Kier molecular flexibility index (Phi) is 5.05. The van der Waals surface area contributed by atoms with Crippen LogP contribution in [0.1, 0.15) is 6.42 Å². The summed E-state index contributed by atoms with van der Waals surface area (Å²) < 4.78 is 47.0. The summed E-state index contributed by atoms with van der Waals surface area (Å²) in [6.07, 6.45) is 2.56. The van der Waals surface area contributed by atoms with Gasteiger partial charge >= 0.3 is 0 Å². The number of nitrogens with zero attached hydrogens (tertiary/aromatic N) is 1. The highest BCUT2D eigenvalue weighted by Crippen LogP contribution is 2.18. The quantitative estimate of drug-likeness (QED) is 0.698. The minimum absolute atomic E-state index is 0.0453. The first-order valence-electron chi connectivity index (χ1n) is 4.82. The summed E-state index contributed by atoms with van der Waals surface area (Å²) in [5.74, 6) is -0.295. The summed E-state index contributed by atoms with van der Waals surface area (Å²) in [6, 6.07) is 1.35. The van der Waals surface area contributed by atoms with Gasteiger partial charge in [0.1, 0.15) is 4.90 Å². The molecule has 1 aromatic heterocycles. The lowest BCUT2D eigenvalue weighted by Gasteiger charge is -2.07. The first-order valence-corrected chi connectivity index (χ1v) is 8.40. The molecule has 0 aliphatic rings. The van der Waals surface area contributed by atoms with E-state index in [9.17, 15) is 16.8 Å². The van der Waals surface area contributed by atoms with E-state index in [4.69, 9.17) is 16.7 Å². The van der Waals surface area contributed by atoms with Crippen LogP contribution in [0.4, 0.5) is 0 Å². The summed E-state index contributed by atoms with van der Waals surface area (Å²) in [5.41, 5.74) is 0. The Morgan fingerprint density at radius 3 is 2.56 bits per heavy atom. The van der Waals surface area contributed by atoms with E-state index in [0.717, 1.165) is 6.20 Å². The number of hydrogen-bond donors (Lipinski definition) is 2. The lowest BCUT2D eigenvalue weighted by molar-refractivity contribution is 0.576. The fourth-order valence-electron chi connectivity index (χ4n) is 1.12. The Bertz CT molecular complexity index is 615. The van der Waals surface area contributed by atoms with Gasteiger partial charge in [0.25, 0.3) is 0 Å². The van der Waals surface area contributed by atoms with Crippen LogP contribution in [0.15, 0.2) is 23.4 Å². The average Bonchev–Trinajstić information content (AvgIpc) is 2.24. The molecule has 3 N–H and O–H groups in total. The van der Waals surface area contributed by atoms with Crippen molar-refractivity contribution in [2.24, 2.45) is 5.14 Å². The molecule has 0 saturated heterocycles. The third-order valence-corrected chi connectivity index (χ3v) is 4.71. The molecule has 0 radical (unpaired) electrons. The average molecular weight is 314 g/mol. The van der Waals surface area contributed by atoms with Crippen LogP contribution < -0.4 is 9.86 Å². The lowest BCUT2D eigenvalue weighted by Crippen LogP contribution is -2.27. The summed E-state index contributed by atoms with van der Waals surface area (Å²) in [6.45, 7) is -0.0516. The Hall–Kier alpha value is -0.740. The van der Waals surface area contributed by atoms with E-state index in [1.807, 2.05) is 0 Å². The van der Waals surface area contributed by atoms with Crippen molar-refractivity contribution in [1.29, 1.82) is 0 Å². The molecule has 0 unspecified atom stereocenters. The normalized spacial score (nSPS) is 12.6. The van der Waals surface area contributed by atoms with Crippen LogP contribution in [0, 0.1) is 0 Å². The Balaban J connectivity index is 2.65. The fourth-order valence-corrected chi connectivity index (χ4v) is 3.17. The maximum absolute atomic E-state index is 11.8. The van der Waals surface area contributed by atoms with E-state index < -0.39 is 20.0 Å². The molecule has 102 valence electrons. The van der Waals surface area contributed by atoms with Crippen LogP contribution in [-0.4, -0.2) is 34.1 Å². The second-order valence-electron chi connectivity index (χ2n) is 3.42. The molecule has 10 heteroatoms. The molecule has 0 bridgehead atoms. The van der Waals surface area contributed by atoms with Crippen molar-refractivity contribution in [3.8, 4) is 0 Å². The largest absolute Gasteiger partial charge is 0.263 e. The van der Waals surface area contributed by atoms with Crippen molar-refractivity contribution in [3.05, 3.63) is 23.5 Å². The zero-order chi connectivity index (χ0) is 13.8. The van der Waals surface area contributed by atoms with Crippen molar-refractivity contribution < 1.29 is 16.8 Å². The van der Waals surface area contributed by atoms with E-state index in [2.05, 4.69) is 9.71 Å².